The molecule has 0 aliphatic rings. The second-order valence-electron chi connectivity index (χ2n) is 5.28. The third kappa shape index (κ3) is 4.17. The van der Waals surface area contributed by atoms with Gasteiger partial charge >= 0.3 is 0 Å². The van der Waals surface area contributed by atoms with Gasteiger partial charge in [-0.05, 0) is 24.3 Å². The van der Waals surface area contributed by atoms with E-state index in [1.165, 1.54) is 5.56 Å². The summed E-state index contributed by atoms with van der Waals surface area (Å²) >= 11 is 0. The summed E-state index contributed by atoms with van der Waals surface area (Å²) < 4.78 is 5.23. The van der Waals surface area contributed by atoms with Gasteiger partial charge in [-0.25, -0.2) is 0 Å². The Labute approximate surface area is 114 Å². The van der Waals surface area contributed by atoms with Gasteiger partial charge in [-0.1, -0.05) is 49.3 Å². The van der Waals surface area contributed by atoms with Crippen LogP contribution < -0.4 is 5.73 Å². The van der Waals surface area contributed by atoms with Gasteiger partial charge in [-0.2, -0.15) is 4.98 Å². The Hall–Kier alpha value is -1.68. The molecule has 0 aliphatic heterocycles. The number of rotatable bonds is 6. The molecule has 0 spiro atoms. The van der Waals surface area contributed by atoms with Gasteiger partial charge in [0, 0.05) is 6.42 Å². The summed E-state index contributed by atoms with van der Waals surface area (Å²) in [6.07, 6.45) is 2.56. The number of aromatic nitrogens is 2. The van der Waals surface area contributed by atoms with E-state index >= 15 is 0 Å². The van der Waals surface area contributed by atoms with E-state index in [0.29, 0.717) is 11.8 Å². The summed E-state index contributed by atoms with van der Waals surface area (Å²) in [7, 11) is 0. The van der Waals surface area contributed by atoms with E-state index in [1.807, 2.05) is 18.2 Å². The largest absolute Gasteiger partial charge is 0.338 e. The van der Waals surface area contributed by atoms with Gasteiger partial charge in [0.15, 0.2) is 5.82 Å². The fourth-order valence-electron chi connectivity index (χ4n) is 1.96. The molecule has 0 saturated carbocycles. The molecule has 1 aromatic carbocycles. The van der Waals surface area contributed by atoms with E-state index in [9.17, 15) is 0 Å². The summed E-state index contributed by atoms with van der Waals surface area (Å²) in [6.45, 7) is 4.26. The maximum absolute atomic E-state index is 6.09. The van der Waals surface area contributed by atoms with Crippen molar-refractivity contribution >= 4 is 0 Å². The lowest BCUT2D eigenvalue weighted by molar-refractivity contribution is 0.344. The minimum absolute atomic E-state index is 0.186. The van der Waals surface area contributed by atoms with Gasteiger partial charge in [0.05, 0.1) is 6.04 Å². The van der Waals surface area contributed by atoms with Crippen LogP contribution in [-0.2, 0) is 12.8 Å². The summed E-state index contributed by atoms with van der Waals surface area (Å²) in [5.74, 6) is 1.82. The normalized spacial score (nSPS) is 12.8. The molecule has 0 radical (unpaired) electrons. The SMILES string of the molecule is CC(C)Cc1noc(C(N)CCc2ccccc2)n1. The molecular weight excluding hydrogens is 238 g/mol. The summed E-state index contributed by atoms with van der Waals surface area (Å²) in [4.78, 5) is 4.36. The summed E-state index contributed by atoms with van der Waals surface area (Å²) in [6, 6.07) is 10.1. The Kier molecular flexibility index (Phi) is 4.68. The maximum atomic E-state index is 6.09. The Morgan fingerprint density at radius 2 is 1.95 bits per heavy atom. The molecule has 1 aromatic heterocycles. The topological polar surface area (TPSA) is 64.9 Å². The van der Waals surface area contributed by atoms with Gasteiger partial charge in [0.2, 0.25) is 5.89 Å². The van der Waals surface area contributed by atoms with Crippen LogP contribution in [0.4, 0.5) is 0 Å². The highest BCUT2D eigenvalue weighted by molar-refractivity contribution is 5.15. The molecule has 4 heteroatoms. The van der Waals surface area contributed by atoms with Crippen molar-refractivity contribution in [3.8, 4) is 0 Å². The second-order valence-corrected chi connectivity index (χ2v) is 5.28. The van der Waals surface area contributed by atoms with Crippen LogP contribution in [0.1, 0.15) is 43.6 Å². The van der Waals surface area contributed by atoms with Crippen molar-refractivity contribution in [2.45, 2.75) is 39.2 Å². The lowest BCUT2D eigenvalue weighted by Crippen LogP contribution is -2.12. The Morgan fingerprint density at radius 1 is 1.21 bits per heavy atom. The van der Waals surface area contributed by atoms with Gasteiger partial charge in [-0.15, -0.1) is 0 Å². The molecule has 4 nitrogen and oxygen atoms in total. The zero-order valence-electron chi connectivity index (χ0n) is 11.5. The van der Waals surface area contributed by atoms with Gasteiger partial charge in [-0.3, -0.25) is 0 Å². The molecular formula is C15H21N3O. The second kappa shape index (κ2) is 6.48. The highest BCUT2D eigenvalue weighted by Gasteiger charge is 2.15. The minimum atomic E-state index is -0.186. The van der Waals surface area contributed by atoms with Crippen molar-refractivity contribution < 1.29 is 4.52 Å². The Bertz CT molecular complexity index is 493. The lowest BCUT2D eigenvalue weighted by atomic mass is 10.1. The molecule has 102 valence electrons. The molecule has 2 N–H and O–H groups in total. The van der Waals surface area contributed by atoms with Gasteiger partial charge in [0.25, 0.3) is 0 Å². The monoisotopic (exact) mass is 259 g/mol. The quantitative estimate of drug-likeness (QED) is 0.866. The fourth-order valence-corrected chi connectivity index (χ4v) is 1.96. The Balaban J connectivity index is 1.89. The highest BCUT2D eigenvalue weighted by Crippen LogP contribution is 2.16. The molecule has 2 aromatic rings. The molecule has 1 heterocycles. The van der Waals surface area contributed by atoms with E-state index < -0.39 is 0 Å². The van der Waals surface area contributed by atoms with E-state index in [0.717, 1.165) is 25.1 Å². The molecule has 0 fully saturated rings. The highest BCUT2D eigenvalue weighted by atomic mass is 16.5. The third-order valence-corrected chi connectivity index (χ3v) is 2.98. The number of nitrogens with zero attached hydrogens (tertiary/aromatic N) is 2. The van der Waals surface area contributed by atoms with Crippen molar-refractivity contribution in [3.05, 3.63) is 47.6 Å². The van der Waals surface area contributed by atoms with Gasteiger partial charge in [0.1, 0.15) is 0 Å². The first-order chi connectivity index (χ1) is 9.15. The number of aryl methyl sites for hydroxylation is 1. The number of nitrogens with two attached hydrogens (primary N) is 1. The van der Waals surface area contributed by atoms with E-state index in [-0.39, 0.29) is 6.04 Å². The average Bonchev–Trinajstić information content (AvgIpc) is 2.85. The van der Waals surface area contributed by atoms with Crippen LogP contribution in [0.3, 0.4) is 0 Å². The standard InChI is InChI=1S/C15H21N3O/c1-11(2)10-14-17-15(19-18-14)13(16)9-8-12-6-4-3-5-7-12/h3-7,11,13H,8-10,16H2,1-2H3. The van der Waals surface area contributed by atoms with Crippen LogP contribution in [-0.4, -0.2) is 10.1 Å². The smallest absolute Gasteiger partial charge is 0.243 e. The maximum Gasteiger partial charge on any atom is 0.243 e. The fraction of sp³-hybridized carbons (Fsp3) is 0.467. The van der Waals surface area contributed by atoms with Crippen LogP contribution in [0.2, 0.25) is 0 Å². The molecule has 19 heavy (non-hydrogen) atoms. The molecule has 0 saturated heterocycles. The average molecular weight is 259 g/mol. The molecule has 1 unspecified atom stereocenters. The predicted octanol–water partition coefficient (Wildman–Crippen LogP) is 2.90. The molecule has 2 rings (SSSR count). The summed E-state index contributed by atoms with van der Waals surface area (Å²) in [5.41, 5.74) is 7.37. The first-order valence-electron chi connectivity index (χ1n) is 6.77. The first-order valence-corrected chi connectivity index (χ1v) is 6.77. The van der Waals surface area contributed by atoms with Gasteiger partial charge < -0.3 is 10.3 Å². The van der Waals surface area contributed by atoms with Crippen LogP contribution in [0.5, 0.6) is 0 Å². The Morgan fingerprint density at radius 3 is 2.63 bits per heavy atom. The van der Waals surface area contributed by atoms with Crippen molar-refractivity contribution in [1.29, 1.82) is 0 Å². The molecule has 0 bridgehead atoms. The van der Waals surface area contributed by atoms with E-state index in [2.05, 4.69) is 36.1 Å². The minimum Gasteiger partial charge on any atom is -0.338 e. The molecule has 0 amide bonds. The van der Waals surface area contributed by atoms with Crippen molar-refractivity contribution in [2.75, 3.05) is 0 Å². The van der Waals surface area contributed by atoms with Crippen molar-refractivity contribution in [1.82, 2.24) is 10.1 Å². The van der Waals surface area contributed by atoms with Crippen LogP contribution >= 0.6 is 0 Å². The molecule has 1 atom stereocenters. The summed E-state index contributed by atoms with van der Waals surface area (Å²) in [5, 5.41) is 3.97. The third-order valence-electron chi connectivity index (χ3n) is 2.98. The number of hydrogen-bond acceptors (Lipinski definition) is 4. The zero-order valence-corrected chi connectivity index (χ0v) is 11.5. The number of hydrogen-bond donors (Lipinski definition) is 1. The van der Waals surface area contributed by atoms with Crippen molar-refractivity contribution in [2.24, 2.45) is 11.7 Å². The lowest BCUT2D eigenvalue weighted by Gasteiger charge is -2.06. The van der Waals surface area contributed by atoms with Crippen LogP contribution in [0.15, 0.2) is 34.9 Å². The van der Waals surface area contributed by atoms with Crippen LogP contribution in [0.25, 0.3) is 0 Å². The predicted molar refractivity (Wildman–Crippen MR) is 74.5 cm³/mol. The van der Waals surface area contributed by atoms with E-state index in [4.69, 9.17) is 10.3 Å². The van der Waals surface area contributed by atoms with E-state index in [1.54, 1.807) is 0 Å². The molecule has 0 aliphatic carbocycles. The number of benzene rings is 1. The first kappa shape index (κ1) is 13.7. The van der Waals surface area contributed by atoms with Crippen molar-refractivity contribution in [3.63, 3.8) is 0 Å². The van der Waals surface area contributed by atoms with Crippen LogP contribution in [0, 0.1) is 5.92 Å². The zero-order chi connectivity index (χ0) is 13.7.